The molecule has 0 radical (unpaired) electrons. The second kappa shape index (κ2) is 5.51. The van der Waals surface area contributed by atoms with E-state index >= 15 is 0 Å². The van der Waals surface area contributed by atoms with E-state index in [0.29, 0.717) is 12.5 Å². The molecule has 0 aromatic rings. The van der Waals surface area contributed by atoms with Crippen molar-refractivity contribution in [3.63, 3.8) is 0 Å². The summed E-state index contributed by atoms with van der Waals surface area (Å²) in [7, 11) is 0. The van der Waals surface area contributed by atoms with E-state index in [0.717, 1.165) is 25.5 Å². The van der Waals surface area contributed by atoms with E-state index in [1.165, 1.54) is 18.4 Å². The van der Waals surface area contributed by atoms with Crippen LogP contribution in [0.3, 0.4) is 0 Å². The summed E-state index contributed by atoms with van der Waals surface area (Å²) in [6.07, 6.45) is 5.79. The van der Waals surface area contributed by atoms with E-state index < -0.39 is 0 Å². The molecule has 0 bridgehead atoms. The fourth-order valence-electron chi connectivity index (χ4n) is 2.99. The summed E-state index contributed by atoms with van der Waals surface area (Å²) in [6, 6.07) is 0. The number of aliphatic hydroxyl groups excluding tert-OH is 1. The Balaban J connectivity index is 1.92. The SMILES string of the molecule is CC1=CCC[C@H](C)[C@@H]1CN[C@@]1(CO)CCOC1. The molecule has 1 aliphatic heterocycles. The molecule has 1 aliphatic carbocycles. The predicted molar refractivity (Wildman–Crippen MR) is 68.9 cm³/mol. The lowest BCUT2D eigenvalue weighted by atomic mass is 9.79. The van der Waals surface area contributed by atoms with Crippen molar-refractivity contribution in [1.82, 2.24) is 5.32 Å². The maximum Gasteiger partial charge on any atom is 0.0673 e. The first-order chi connectivity index (χ1) is 8.17. The Morgan fingerprint density at radius 2 is 2.41 bits per heavy atom. The van der Waals surface area contributed by atoms with Gasteiger partial charge in [0.15, 0.2) is 0 Å². The first kappa shape index (κ1) is 13.1. The number of nitrogens with one attached hydrogen (secondary N) is 1. The lowest BCUT2D eigenvalue weighted by Crippen LogP contribution is -2.51. The first-order valence-electron chi connectivity index (χ1n) is 6.77. The number of ether oxygens (including phenoxy) is 1. The number of rotatable bonds is 4. The third-order valence-electron chi connectivity index (χ3n) is 4.46. The minimum Gasteiger partial charge on any atom is -0.394 e. The molecule has 0 aromatic carbocycles. The molecule has 1 fully saturated rings. The van der Waals surface area contributed by atoms with E-state index in [1.807, 2.05) is 0 Å². The number of aliphatic hydroxyl groups is 1. The van der Waals surface area contributed by atoms with Crippen molar-refractivity contribution in [3.05, 3.63) is 11.6 Å². The van der Waals surface area contributed by atoms with Gasteiger partial charge in [-0.25, -0.2) is 0 Å². The molecular weight excluding hydrogens is 214 g/mol. The van der Waals surface area contributed by atoms with Gasteiger partial charge in [0.25, 0.3) is 0 Å². The number of allylic oxidation sites excluding steroid dienone is 1. The molecule has 3 atom stereocenters. The van der Waals surface area contributed by atoms with Crippen LogP contribution in [0.4, 0.5) is 0 Å². The van der Waals surface area contributed by atoms with E-state index in [9.17, 15) is 5.11 Å². The second-order valence-corrected chi connectivity index (χ2v) is 5.73. The van der Waals surface area contributed by atoms with Gasteiger partial charge in [-0.1, -0.05) is 18.6 Å². The maximum atomic E-state index is 9.52. The summed E-state index contributed by atoms with van der Waals surface area (Å²) in [5, 5.41) is 13.1. The molecule has 3 heteroatoms. The smallest absolute Gasteiger partial charge is 0.0673 e. The highest BCUT2D eigenvalue weighted by Crippen LogP contribution is 2.30. The van der Waals surface area contributed by atoms with Crippen molar-refractivity contribution in [2.45, 2.75) is 38.6 Å². The molecule has 0 saturated carbocycles. The summed E-state index contributed by atoms with van der Waals surface area (Å²) < 4.78 is 5.41. The Kier molecular flexibility index (Phi) is 4.23. The Bertz CT molecular complexity index is 282. The molecule has 3 nitrogen and oxygen atoms in total. The Morgan fingerprint density at radius 3 is 3.00 bits per heavy atom. The van der Waals surface area contributed by atoms with Crippen molar-refractivity contribution < 1.29 is 9.84 Å². The van der Waals surface area contributed by atoms with Gasteiger partial charge < -0.3 is 15.2 Å². The highest BCUT2D eigenvalue weighted by Gasteiger charge is 2.35. The minimum atomic E-state index is -0.183. The topological polar surface area (TPSA) is 41.5 Å². The number of hydrogen-bond donors (Lipinski definition) is 2. The molecule has 1 saturated heterocycles. The monoisotopic (exact) mass is 239 g/mol. The zero-order chi connectivity index (χ0) is 12.3. The Hall–Kier alpha value is -0.380. The van der Waals surface area contributed by atoms with Crippen molar-refractivity contribution in [2.24, 2.45) is 11.8 Å². The predicted octanol–water partition coefficient (Wildman–Crippen LogP) is 1.72. The van der Waals surface area contributed by atoms with Crippen molar-refractivity contribution in [2.75, 3.05) is 26.4 Å². The van der Waals surface area contributed by atoms with Crippen LogP contribution in [0.15, 0.2) is 11.6 Å². The third kappa shape index (κ3) is 2.90. The van der Waals surface area contributed by atoms with Crippen LogP contribution in [-0.4, -0.2) is 37.0 Å². The van der Waals surface area contributed by atoms with Crippen LogP contribution in [0, 0.1) is 11.8 Å². The van der Waals surface area contributed by atoms with Gasteiger partial charge in [-0.05, 0) is 38.0 Å². The van der Waals surface area contributed by atoms with Crippen LogP contribution in [0.2, 0.25) is 0 Å². The highest BCUT2D eigenvalue weighted by atomic mass is 16.5. The van der Waals surface area contributed by atoms with Gasteiger partial charge in [-0.3, -0.25) is 0 Å². The van der Waals surface area contributed by atoms with Crippen LogP contribution >= 0.6 is 0 Å². The maximum absolute atomic E-state index is 9.52. The summed E-state index contributed by atoms with van der Waals surface area (Å²) in [5.74, 6) is 1.36. The van der Waals surface area contributed by atoms with Gasteiger partial charge in [-0.15, -0.1) is 0 Å². The standard InChI is InChI=1S/C14H25NO2/c1-11-4-3-5-12(2)13(11)8-15-14(9-16)6-7-17-10-14/h4,12-13,15-16H,3,5-10H2,1-2H3/t12-,13+,14+/m0/s1. The lowest BCUT2D eigenvalue weighted by Gasteiger charge is -2.34. The Labute approximate surface area is 104 Å². The van der Waals surface area contributed by atoms with Gasteiger partial charge in [0.05, 0.1) is 18.8 Å². The first-order valence-corrected chi connectivity index (χ1v) is 6.77. The zero-order valence-electron chi connectivity index (χ0n) is 11.0. The van der Waals surface area contributed by atoms with E-state index in [1.54, 1.807) is 0 Å². The van der Waals surface area contributed by atoms with Crippen LogP contribution < -0.4 is 5.32 Å². The average molecular weight is 239 g/mol. The summed E-state index contributed by atoms with van der Waals surface area (Å²) in [5.41, 5.74) is 1.32. The lowest BCUT2D eigenvalue weighted by molar-refractivity contribution is 0.116. The zero-order valence-corrected chi connectivity index (χ0v) is 11.0. The quantitative estimate of drug-likeness (QED) is 0.734. The van der Waals surface area contributed by atoms with Crippen LogP contribution in [-0.2, 0) is 4.74 Å². The molecule has 0 aromatic heterocycles. The normalized spacial score (nSPS) is 38.2. The van der Waals surface area contributed by atoms with Gasteiger partial charge in [0.1, 0.15) is 0 Å². The highest BCUT2D eigenvalue weighted by molar-refractivity contribution is 5.10. The van der Waals surface area contributed by atoms with Crippen molar-refractivity contribution in [3.8, 4) is 0 Å². The van der Waals surface area contributed by atoms with Crippen LogP contribution in [0.1, 0.15) is 33.1 Å². The molecule has 17 heavy (non-hydrogen) atoms. The van der Waals surface area contributed by atoms with Crippen molar-refractivity contribution >= 4 is 0 Å². The molecule has 2 aliphatic rings. The molecule has 98 valence electrons. The molecular formula is C14H25NO2. The van der Waals surface area contributed by atoms with Gasteiger partial charge >= 0.3 is 0 Å². The van der Waals surface area contributed by atoms with Gasteiger partial charge in [0.2, 0.25) is 0 Å². The molecule has 2 rings (SSSR count). The number of hydrogen-bond acceptors (Lipinski definition) is 3. The second-order valence-electron chi connectivity index (χ2n) is 5.73. The summed E-state index contributed by atoms with van der Waals surface area (Å²) >= 11 is 0. The van der Waals surface area contributed by atoms with Crippen LogP contribution in [0.5, 0.6) is 0 Å². The van der Waals surface area contributed by atoms with E-state index in [2.05, 4.69) is 25.2 Å². The largest absolute Gasteiger partial charge is 0.394 e. The summed E-state index contributed by atoms with van der Waals surface area (Å²) in [4.78, 5) is 0. The van der Waals surface area contributed by atoms with Gasteiger partial charge in [-0.2, -0.15) is 0 Å². The molecule has 2 N–H and O–H groups in total. The fourth-order valence-corrected chi connectivity index (χ4v) is 2.99. The fraction of sp³-hybridized carbons (Fsp3) is 0.857. The van der Waals surface area contributed by atoms with E-state index in [4.69, 9.17) is 4.74 Å². The average Bonchev–Trinajstić information content (AvgIpc) is 2.78. The van der Waals surface area contributed by atoms with E-state index in [-0.39, 0.29) is 12.1 Å². The molecule has 1 heterocycles. The van der Waals surface area contributed by atoms with Crippen molar-refractivity contribution in [1.29, 1.82) is 0 Å². The Morgan fingerprint density at radius 1 is 1.59 bits per heavy atom. The third-order valence-corrected chi connectivity index (χ3v) is 4.46. The summed E-state index contributed by atoms with van der Waals surface area (Å²) in [6.45, 7) is 7.12. The minimum absolute atomic E-state index is 0.177. The van der Waals surface area contributed by atoms with Crippen LogP contribution in [0.25, 0.3) is 0 Å². The molecule has 0 spiro atoms. The molecule has 0 amide bonds. The molecule has 0 unspecified atom stereocenters. The van der Waals surface area contributed by atoms with Gasteiger partial charge in [0, 0.05) is 13.2 Å².